The van der Waals surface area contributed by atoms with Crippen molar-refractivity contribution in [1.82, 2.24) is 5.32 Å². The Morgan fingerprint density at radius 2 is 1.29 bits per heavy atom. The third-order valence-corrected chi connectivity index (χ3v) is 0.881. The van der Waals surface area contributed by atoms with Crippen molar-refractivity contribution in [1.29, 1.82) is 0 Å². The molecule has 0 bridgehead atoms. The van der Waals surface area contributed by atoms with Gasteiger partial charge in [-0.25, -0.2) is 0 Å². The highest BCUT2D eigenvalue weighted by Gasteiger charge is 2.00. The highest BCUT2D eigenvalue weighted by atomic mass is 16.4. The van der Waals surface area contributed by atoms with Crippen molar-refractivity contribution in [3.05, 3.63) is 0 Å². The van der Waals surface area contributed by atoms with E-state index in [1.165, 1.54) is 0 Å². The maximum Gasteiger partial charge on any atom is 0.317 e. The van der Waals surface area contributed by atoms with Gasteiger partial charge < -0.3 is 20.6 Å². The summed E-state index contributed by atoms with van der Waals surface area (Å²) in [7, 11) is 1.59. The lowest BCUT2D eigenvalue weighted by molar-refractivity contribution is -0.143. The van der Waals surface area contributed by atoms with Crippen LogP contribution in [-0.2, 0) is 14.4 Å². The average molecular weight is 207 g/mol. The summed E-state index contributed by atoms with van der Waals surface area (Å²) in [6.45, 7) is 0.0417. The molecule has 14 heavy (non-hydrogen) atoms. The second kappa shape index (κ2) is 9.46. The van der Waals surface area contributed by atoms with Crippen molar-refractivity contribution in [2.75, 3.05) is 13.6 Å². The number of aliphatic carboxylic acids is 3. The Morgan fingerprint density at radius 3 is 1.36 bits per heavy atom. The summed E-state index contributed by atoms with van der Waals surface area (Å²) >= 11 is 0. The second-order valence-electron chi connectivity index (χ2n) is 2.21. The summed E-state index contributed by atoms with van der Waals surface area (Å²) in [5, 5.41) is 26.1. The van der Waals surface area contributed by atoms with Crippen LogP contribution in [0.5, 0.6) is 0 Å². The average Bonchev–Trinajstić information content (AvgIpc) is 2.01. The minimum Gasteiger partial charge on any atom is -0.481 e. The molecular formula is C7H13NO6. The molecule has 0 aromatic carbocycles. The molecule has 4 N–H and O–H groups in total. The van der Waals surface area contributed by atoms with Crippen LogP contribution in [0.3, 0.4) is 0 Å². The van der Waals surface area contributed by atoms with Gasteiger partial charge in [0.1, 0.15) is 0 Å². The Morgan fingerprint density at radius 1 is 0.929 bits per heavy atom. The lowest BCUT2D eigenvalue weighted by Gasteiger charge is -1.85. The van der Waals surface area contributed by atoms with Gasteiger partial charge in [-0.3, -0.25) is 14.4 Å². The fourth-order valence-electron chi connectivity index (χ4n) is 0.365. The van der Waals surface area contributed by atoms with E-state index in [0.29, 0.717) is 0 Å². The summed E-state index contributed by atoms with van der Waals surface area (Å²) in [5.41, 5.74) is 0. The van der Waals surface area contributed by atoms with Crippen LogP contribution in [0.4, 0.5) is 0 Å². The van der Waals surface area contributed by atoms with Gasteiger partial charge in [-0.15, -0.1) is 0 Å². The largest absolute Gasteiger partial charge is 0.481 e. The van der Waals surface area contributed by atoms with E-state index in [4.69, 9.17) is 15.3 Å². The molecule has 0 aliphatic carbocycles. The zero-order valence-electron chi connectivity index (χ0n) is 7.69. The Hall–Kier alpha value is -1.63. The van der Waals surface area contributed by atoms with Gasteiger partial charge in [-0.2, -0.15) is 0 Å². The number of carbonyl (C=O) groups is 3. The highest BCUT2D eigenvalue weighted by molar-refractivity contribution is 5.75. The fourth-order valence-corrected chi connectivity index (χ4v) is 0.365. The van der Waals surface area contributed by atoms with Gasteiger partial charge in [0.2, 0.25) is 0 Å². The van der Waals surface area contributed by atoms with Gasteiger partial charge in [-0.1, -0.05) is 0 Å². The fraction of sp³-hybridized carbons (Fsp3) is 0.571. The predicted octanol–water partition coefficient (Wildman–Crippen LogP) is -0.774. The van der Waals surface area contributed by atoms with Crippen LogP contribution >= 0.6 is 0 Å². The first-order valence-electron chi connectivity index (χ1n) is 3.70. The summed E-state index contributed by atoms with van der Waals surface area (Å²) < 4.78 is 0. The zero-order valence-corrected chi connectivity index (χ0v) is 7.69. The van der Waals surface area contributed by atoms with E-state index in [-0.39, 0.29) is 19.4 Å². The summed E-state index contributed by atoms with van der Waals surface area (Å²) in [4.78, 5) is 28.8. The SMILES string of the molecule is CNCC(=O)O.O=C(O)CCC(=O)O. The molecule has 0 aliphatic rings. The molecule has 0 fully saturated rings. The van der Waals surface area contributed by atoms with Crippen molar-refractivity contribution < 1.29 is 29.7 Å². The lowest BCUT2D eigenvalue weighted by Crippen LogP contribution is -2.16. The van der Waals surface area contributed by atoms with Crippen LogP contribution in [0, 0.1) is 0 Å². The summed E-state index contributed by atoms with van der Waals surface area (Å²) in [5.74, 6) is -2.97. The Kier molecular flexibility index (Phi) is 10.0. The minimum atomic E-state index is -1.08. The topological polar surface area (TPSA) is 124 Å². The van der Waals surface area contributed by atoms with E-state index in [0.717, 1.165) is 0 Å². The number of nitrogens with one attached hydrogen (secondary N) is 1. The quantitative estimate of drug-likeness (QED) is 0.466. The van der Waals surface area contributed by atoms with Gasteiger partial charge in [0.25, 0.3) is 0 Å². The molecule has 7 heteroatoms. The zero-order chi connectivity index (χ0) is 11.6. The third kappa shape index (κ3) is 22.4. The minimum absolute atomic E-state index is 0.0417. The Balaban J connectivity index is 0. The second-order valence-corrected chi connectivity index (χ2v) is 2.21. The normalized spacial score (nSPS) is 8.36. The molecule has 0 heterocycles. The van der Waals surface area contributed by atoms with Crippen LogP contribution < -0.4 is 5.32 Å². The van der Waals surface area contributed by atoms with Crippen molar-refractivity contribution in [3.63, 3.8) is 0 Å². The first-order valence-corrected chi connectivity index (χ1v) is 3.70. The molecule has 0 unspecified atom stereocenters. The van der Waals surface area contributed by atoms with Gasteiger partial charge in [-0.05, 0) is 7.05 Å². The van der Waals surface area contributed by atoms with Crippen LogP contribution in [0.15, 0.2) is 0 Å². The van der Waals surface area contributed by atoms with Crippen molar-refractivity contribution in [3.8, 4) is 0 Å². The monoisotopic (exact) mass is 207 g/mol. The van der Waals surface area contributed by atoms with Gasteiger partial charge >= 0.3 is 17.9 Å². The highest BCUT2D eigenvalue weighted by Crippen LogP contribution is 1.86. The van der Waals surface area contributed by atoms with Crippen molar-refractivity contribution in [2.45, 2.75) is 12.8 Å². The summed E-state index contributed by atoms with van der Waals surface area (Å²) in [6.07, 6.45) is -0.593. The molecule has 82 valence electrons. The predicted molar refractivity (Wildman–Crippen MR) is 46.1 cm³/mol. The van der Waals surface area contributed by atoms with E-state index < -0.39 is 17.9 Å². The number of carboxylic acid groups (broad SMARTS) is 3. The molecule has 0 aromatic heterocycles. The molecule has 0 spiro atoms. The molecule has 7 nitrogen and oxygen atoms in total. The van der Waals surface area contributed by atoms with Gasteiger partial charge in [0, 0.05) is 0 Å². The Bertz CT molecular complexity index is 188. The van der Waals surface area contributed by atoms with Crippen LogP contribution in [0.25, 0.3) is 0 Å². The van der Waals surface area contributed by atoms with E-state index in [1.807, 2.05) is 0 Å². The molecule has 0 saturated carbocycles. The third-order valence-electron chi connectivity index (χ3n) is 0.881. The maximum absolute atomic E-state index is 9.64. The van der Waals surface area contributed by atoms with Crippen LogP contribution in [0.1, 0.15) is 12.8 Å². The lowest BCUT2D eigenvalue weighted by atomic mass is 10.3. The first-order chi connectivity index (χ1) is 6.40. The van der Waals surface area contributed by atoms with Crippen molar-refractivity contribution in [2.24, 2.45) is 0 Å². The molecular weight excluding hydrogens is 194 g/mol. The van der Waals surface area contributed by atoms with E-state index in [1.54, 1.807) is 7.05 Å². The Labute approximate surface area is 80.4 Å². The molecule has 0 rings (SSSR count). The van der Waals surface area contributed by atoms with E-state index in [2.05, 4.69) is 5.32 Å². The molecule has 0 atom stereocenters. The maximum atomic E-state index is 9.64. The van der Waals surface area contributed by atoms with Crippen molar-refractivity contribution >= 4 is 17.9 Å². The van der Waals surface area contributed by atoms with Crippen LogP contribution in [-0.4, -0.2) is 46.8 Å². The summed E-state index contributed by atoms with van der Waals surface area (Å²) in [6, 6.07) is 0. The molecule has 0 aromatic rings. The smallest absolute Gasteiger partial charge is 0.317 e. The molecule has 0 amide bonds. The molecule has 0 saturated heterocycles. The standard InChI is InChI=1S/C4H6O4.C3H7NO2/c5-3(6)1-2-4(7)8;1-4-2-3(5)6/h1-2H2,(H,5,6)(H,7,8);4H,2H2,1H3,(H,5,6). The van der Waals surface area contributed by atoms with Gasteiger partial charge in [0.15, 0.2) is 0 Å². The van der Waals surface area contributed by atoms with E-state index in [9.17, 15) is 14.4 Å². The number of carboxylic acids is 3. The number of hydrogen-bond donors (Lipinski definition) is 4. The first kappa shape index (κ1) is 14.9. The van der Waals surface area contributed by atoms with E-state index >= 15 is 0 Å². The number of likely N-dealkylation sites (N-methyl/N-ethyl adjacent to an activating group) is 1. The van der Waals surface area contributed by atoms with Gasteiger partial charge in [0.05, 0.1) is 19.4 Å². The molecule has 0 aliphatic heterocycles. The van der Waals surface area contributed by atoms with Crippen LogP contribution in [0.2, 0.25) is 0 Å². The number of rotatable bonds is 5. The molecule has 0 radical (unpaired) electrons. The number of hydrogen-bond acceptors (Lipinski definition) is 4.